The molecule has 112 valence electrons. The average molecular weight is 304 g/mol. The summed E-state index contributed by atoms with van der Waals surface area (Å²) in [6.07, 6.45) is 0. The SMILES string of the molecule is Nc1ccc(C(=O)c2cc3c(ccc4ccccc43)[nH]2)cc1F. The molecule has 0 saturated carbocycles. The zero-order chi connectivity index (χ0) is 16.0. The molecule has 0 radical (unpaired) electrons. The van der Waals surface area contributed by atoms with E-state index in [1.807, 2.05) is 42.5 Å². The lowest BCUT2D eigenvalue weighted by atomic mass is 10.1. The van der Waals surface area contributed by atoms with E-state index >= 15 is 0 Å². The lowest BCUT2D eigenvalue weighted by molar-refractivity contribution is 0.103. The van der Waals surface area contributed by atoms with Gasteiger partial charge in [0.05, 0.1) is 11.4 Å². The number of nitrogens with one attached hydrogen (secondary N) is 1. The van der Waals surface area contributed by atoms with Crippen LogP contribution in [0.4, 0.5) is 10.1 Å². The van der Waals surface area contributed by atoms with E-state index in [1.165, 1.54) is 18.2 Å². The molecule has 0 aliphatic rings. The molecule has 0 saturated heterocycles. The van der Waals surface area contributed by atoms with Crippen molar-refractivity contribution in [3.63, 3.8) is 0 Å². The number of halogens is 1. The fourth-order valence-electron chi connectivity index (χ4n) is 2.83. The molecular weight excluding hydrogens is 291 g/mol. The summed E-state index contributed by atoms with van der Waals surface area (Å²) >= 11 is 0. The molecule has 0 unspecified atom stereocenters. The lowest BCUT2D eigenvalue weighted by Gasteiger charge is -2.00. The van der Waals surface area contributed by atoms with Crippen LogP contribution < -0.4 is 5.73 Å². The zero-order valence-corrected chi connectivity index (χ0v) is 12.1. The lowest BCUT2D eigenvalue weighted by Crippen LogP contribution is -2.03. The molecule has 0 atom stereocenters. The zero-order valence-electron chi connectivity index (χ0n) is 12.1. The summed E-state index contributed by atoms with van der Waals surface area (Å²) in [6, 6.07) is 17.8. The Balaban J connectivity index is 1.87. The summed E-state index contributed by atoms with van der Waals surface area (Å²) in [5.74, 6) is -0.846. The minimum atomic E-state index is -0.586. The average Bonchev–Trinajstić information content (AvgIpc) is 3.01. The van der Waals surface area contributed by atoms with E-state index in [1.54, 1.807) is 0 Å². The molecule has 1 aromatic heterocycles. The van der Waals surface area contributed by atoms with Crippen LogP contribution in [0.1, 0.15) is 16.1 Å². The Morgan fingerprint density at radius 2 is 1.78 bits per heavy atom. The molecule has 4 aromatic rings. The molecule has 0 fully saturated rings. The topological polar surface area (TPSA) is 58.9 Å². The molecule has 0 aliphatic heterocycles. The normalized spacial score (nSPS) is 11.2. The minimum absolute atomic E-state index is 0.0317. The highest BCUT2D eigenvalue weighted by Gasteiger charge is 2.14. The van der Waals surface area contributed by atoms with Gasteiger partial charge in [0.2, 0.25) is 5.78 Å². The number of benzene rings is 3. The number of hydrogen-bond acceptors (Lipinski definition) is 2. The van der Waals surface area contributed by atoms with Gasteiger partial charge in [0, 0.05) is 16.5 Å². The number of anilines is 1. The van der Waals surface area contributed by atoms with Crippen molar-refractivity contribution in [2.75, 3.05) is 5.73 Å². The number of hydrogen-bond donors (Lipinski definition) is 2. The van der Waals surface area contributed by atoms with Gasteiger partial charge >= 0.3 is 0 Å². The van der Waals surface area contributed by atoms with Crippen molar-refractivity contribution in [3.05, 3.63) is 77.7 Å². The van der Waals surface area contributed by atoms with Crippen molar-refractivity contribution < 1.29 is 9.18 Å². The van der Waals surface area contributed by atoms with E-state index in [0.29, 0.717) is 5.69 Å². The van der Waals surface area contributed by atoms with Gasteiger partial charge < -0.3 is 10.7 Å². The molecule has 4 heteroatoms. The summed E-state index contributed by atoms with van der Waals surface area (Å²) < 4.78 is 13.6. The van der Waals surface area contributed by atoms with Crippen LogP contribution in [0, 0.1) is 5.82 Å². The molecule has 4 rings (SSSR count). The third-order valence-corrected chi connectivity index (χ3v) is 4.04. The second-order valence-corrected chi connectivity index (χ2v) is 5.50. The van der Waals surface area contributed by atoms with Crippen LogP contribution in [0.2, 0.25) is 0 Å². The second kappa shape index (κ2) is 4.95. The Morgan fingerprint density at radius 1 is 0.957 bits per heavy atom. The molecule has 0 amide bonds. The fraction of sp³-hybridized carbons (Fsp3) is 0. The first kappa shape index (κ1) is 13.5. The van der Waals surface area contributed by atoms with Gasteiger partial charge in [-0.05, 0) is 41.1 Å². The molecule has 0 spiro atoms. The number of carbonyl (C=O) groups excluding carboxylic acids is 1. The highest BCUT2D eigenvalue weighted by Crippen LogP contribution is 2.27. The highest BCUT2D eigenvalue weighted by atomic mass is 19.1. The van der Waals surface area contributed by atoms with Gasteiger partial charge in [-0.3, -0.25) is 4.79 Å². The number of nitrogen functional groups attached to an aromatic ring is 1. The number of nitrogens with two attached hydrogens (primary N) is 1. The number of rotatable bonds is 2. The molecule has 0 aliphatic carbocycles. The minimum Gasteiger partial charge on any atom is -0.396 e. The van der Waals surface area contributed by atoms with E-state index < -0.39 is 5.82 Å². The van der Waals surface area contributed by atoms with Crippen molar-refractivity contribution in [3.8, 4) is 0 Å². The maximum absolute atomic E-state index is 13.6. The van der Waals surface area contributed by atoms with E-state index in [4.69, 9.17) is 5.73 Å². The van der Waals surface area contributed by atoms with Gasteiger partial charge in [-0.25, -0.2) is 4.39 Å². The Morgan fingerprint density at radius 3 is 2.61 bits per heavy atom. The van der Waals surface area contributed by atoms with Crippen LogP contribution in [0.5, 0.6) is 0 Å². The first-order valence-corrected chi connectivity index (χ1v) is 7.24. The van der Waals surface area contributed by atoms with Crippen molar-refractivity contribution in [2.45, 2.75) is 0 Å². The monoisotopic (exact) mass is 304 g/mol. The number of H-pyrrole nitrogens is 1. The van der Waals surface area contributed by atoms with Crippen LogP contribution in [0.3, 0.4) is 0 Å². The quantitative estimate of drug-likeness (QED) is 0.429. The van der Waals surface area contributed by atoms with Crippen molar-refractivity contribution in [2.24, 2.45) is 0 Å². The summed E-state index contributed by atoms with van der Waals surface area (Å²) in [5, 5.41) is 3.16. The van der Waals surface area contributed by atoms with E-state index in [-0.39, 0.29) is 17.0 Å². The first-order valence-electron chi connectivity index (χ1n) is 7.24. The number of aromatic amines is 1. The Bertz CT molecular complexity index is 1070. The van der Waals surface area contributed by atoms with Crippen molar-refractivity contribution in [1.29, 1.82) is 0 Å². The van der Waals surface area contributed by atoms with Crippen LogP contribution in [-0.2, 0) is 0 Å². The van der Waals surface area contributed by atoms with Gasteiger partial charge in [-0.2, -0.15) is 0 Å². The Labute approximate surface area is 131 Å². The Hall–Kier alpha value is -3.14. The van der Waals surface area contributed by atoms with Crippen molar-refractivity contribution >= 4 is 33.1 Å². The predicted molar refractivity (Wildman–Crippen MR) is 90.0 cm³/mol. The van der Waals surface area contributed by atoms with Gasteiger partial charge in [0.1, 0.15) is 5.82 Å². The first-order chi connectivity index (χ1) is 11.1. The van der Waals surface area contributed by atoms with Gasteiger partial charge in [-0.15, -0.1) is 0 Å². The van der Waals surface area contributed by atoms with Crippen LogP contribution >= 0.6 is 0 Å². The molecule has 1 heterocycles. The second-order valence-electron chi connectivity index (χ2n) is 5.50. The molecule has 3 nitrogen and oxygen atoms in total. The summed E-state index contributed by atoms with van der Waals surface area (Å²) in [5.41, 5.74) is 7.07. The predicted octanol–water partition coefficient (Wildman–Crippen LogP) is 4.27. The molecular formula is C19H13FN2O. The summed E-state index contributed by atoms with van der Waals surface area (Å²) in [4.78, 5) is 15.7. The van der Waals surface area contributed by atoms with E-state index in [9.17, 15) is 9.18 Å². The standard InChI is InChI=1S/C19H13FN2O/c20-15-9-12(5-7-16(15)21)19(23)18-10-14-13-4-2-1-3-11(13)6-8-17(14)22-18/h1-10,22H,21H2. The highest BCUT2D eigenvalue weighted by molar-refractivity contribution is 6.14. The smallest absolute Gasteiger partial charge is 0.209 e. The largest absolute Gasteiger partial charge is 0.396 e. The van der Waals surface area contributed by atoms with Crippen LogP contribution in [-0.4, -0.2) is 10.8 Å². The third kappa shape index (κ3) is 2.16. The van der Waals surface area contributed by atoms with E-state index in [2.05, 4.69) is 4.98 Å². The van der Waals surface area contributed by atoms with Gasteiger partial charge in [0.15, 0.2) is 0 Å². The summed E-state index contributed by atoms with van der Waals surface area (Å²) in [7, 11) is 0. The molecule has 3 N–H and O–H groups in total. The number of fused-ring (bicyclic) bond motifs is 3. The maximum atomic E-state index is 13.6. The molecule has 23 heavy (non-hydrogen) atoms. The maximum Gasteiger partial charge on any atom is 0.209 e. The number of carbonyl (C=O) groups is 1. The molecule has 0 bridgehead atoms. The Kier molecular flexibility index (Phi) is 2.91. The number of aromatic nitrogens is 1. The third-order valence-electron chi connectivity index (χ3n) is 4.04. The van der Waals surface area contributed by atoms with Crippen LogP contribution in [0.15, 0.2) is 60.7 Å². The summed E-state index contributed by atoms with van der Waals surface area (Å²) in [6.45, 7) is 0. The number of ketones is 1. The van der Waals surface area contributed by atoms with E-state index in [0.717, 1.165) is 21.7 Å². The van der Waals surface area contributed by atoms with Crippen LogP contribution in [0.25, 0.3) is 21.7 Å². The van der Waals surface area contributed by atoms with Gasteiger partial charge in [-0.1, -0.05) is 30.3 Å². The molecule has 3 aromatic carbocycles. The van der Waals surface area contributed by atoms with Gasteiger partial charge in [0.25, 0.3) is 0 Å². The van der Waals surface area contributed by atoms with Crippen molar-refractivity contribution in [1.82, 2.24) is 4.98 Å². The fourth-order valence-corrected chi connectivity index (χ4v) is 2.83.